The molecule has 0 radical (unpaired) electrons. The summed E-state index contributed by atoms with van der Waals surface area (Å²) in [6, 6.07) is 4.64. The van der Waals surface area contributed by atoms with Crippen LogP contribution in [0.2, 0.25) is 0 Å². The molecule has 1 aromatic heterocycles. The molecule has 5 heteroatoms. The van der Waals surface area contributed by atoms with Crippen molar-refractivity contribution in [1.82, 2.24) is 9.55 Å². The second-order valence-corrected chi connectivity index (χ2v) is 5.76. The number of nitrogens with two attached hydrogens (primary N) is 1. The van der Waals surface area contributed by atoms with Crippen LogP contribution in [0.1, 0.15) is 26.1 Å². The van der Waals surface area contributed by atoms with E-state index in [0.29, 0.717) is 13.2 Å². The first kappa shape index (κ1) is 13.5. The van der Waals surface area contributed by atoms with Gasteiger partial charge in [-0.25, -0.2) is 9.37 Å². The lowest BCUT2D eigenvalue weighted by Crippen LogP contribution is -2.43. The third-order valence-electron chi connectivity index (χ3n) is 4.19. The van der Waals surface area contributed by atoms with E-state index in [4.69, 9.17) is 15.5 Å². The maximum Gasteiger partial charge on any atom is 0.125 e. The Morgan fingerprint density at radius 3 is 3.00 bits per heavy atom. The molecular formula is C15H20FN3O. The highest BCUT2D eigenvalue weighted by Gasteiger charge is 2.43. The second-order valence-electron chi connectivity index (χ2n) is 5.76. The SMILES string of the molecule is CCCn1c(C2(C)COCC2N)nc2ccc(F)cc21. The molecule has 0 aliphatic carbocycles. The Hall–Kier alpha value is -1.46. The topological polar surface area (TPSA) is 53.1 Å². The van der Waals surface area contributed by atoms with Crippen molar-refractivity contribution in [2.75, 3.05) is 13.2 Å². The molecule has 1 aliphatic rings. The van der Waals surface area contributed by atoms with E-state index in [1.165, 1.54) is 6.07 Å². The Kier molecular flexibility index (Phi) is 3.26. The summed E-state index contributed by atoms with van der Waals surface area (Å²) in [4.78, 5) is 4.71. The van der Waals surface area contributed by atoms with E-state index < -0.39 is 0 Å². The van der Waals surface area contributed by atoms with Gasteiger partial charge in [0.25, 0.3) is 0 Å². The molecule has 3 rings (SSSR count). The summed E-state index contributed by atoms with van der Waals surface area (Å²) in [6.07, 6.45) is 0.959. The van der Waals surface area contributed by atoms with Crippen LogP contribution in [-0.2, 0) is 16.7 Å². The van der Waals surface area contributed by atoms with E-state index in [1.54, 1.807) is 12.1 Å². The van der Waals surface area contributed by atoms with Crippen molar-refractivity contribution in [3.05, 3.63) is 29.8 Å². The number of hydrogen-bond donors (Lipinski definition) is 1. The molecular weight excluding hydrogens is 257 g/mol. The molecule has 2 heterocycles. The van der Waals surface area contributed by atoms with Crippen LogP contribution in [0, 0.1) is 5.82 Å². The highest BCUT2D eigenvalue weighted by Crippen LogP contribution is 2.33. The summed E-state index contributed by atoms with van der Waals surface area (Å²) < 4.78 is 21.1. The van der Waals surface area contributed by atoms with Crippen molar-refractivity contribution in [2.45, 2.75) is 38.3 Å². The number of benzene rings is 1. The number of aromatic nitrogens is 2. The standard InChI is InChI=1S/C15H20FN3O/c1-3-6-19-12-7-10(16)4-5-11(12)18-14(19)15(2)9-20-8-13(15)17/h4-5,7,13H,3,6,8-9,17H2,1-2H3. The van der Waals surface area contributed by atoms with E-state index >= 15 is 0 Å². The van der Waals surface area contributed by atoms with E-state index in [2.05, 4.69) is 18.4 Å². The van der Waals surface area contributed by atoms with Crippen molar-refractivity contribution in [3.8, 4) is 0 Å². The Bertz CT molecular complexity index is 639. The van der Waals surface area contributed by atoms with Gasteiger partial charge in [0, 0.05) is 12.6 Å². The van der Waals surface area contributed by atoms with Crippen molar-refractivity contribution in [3.63, 3.8) is 0 Å². The molecule has 2 aromatic rings. The minimum atomic E-state index is -0.315. The Morgan fingerprint density at radius 1 is 1.55 bits per heavy atom. The Labute approximate surface area is 117 Å². The summed E-state index contributed by atoms with van der Waals surface area (Å²) in [7, 11) is 0. The zero-order valence-electron chi connectivity index (χ0n) is 11.9. The van der Waals surface area contributed by atoms with Gasteiger partial charge in [-0.1, -0.05) is 6.92 Å². The monoisotopic (exact) mass is 277 g/mol. The number of nitrogens with zero attached hydrogens (tertiary/aromatic N) is 2. The predicted octanol–water partition coefficient (Wildman–Crippen LogP) is 2.20. The first-order valence-electron chi connectivity index (χ1n) is 7.06. The fraction of sp³-hybridized carbons (Fsp3) is 0.533. The van der Waals surface area contributed by atoms with Gasteiger partial charge in [-0.3, -0.25) is 0 Å². The number of rotatable bonds is 3. The van der Waals surface area contributed by atoms with Crippen LogP contribution in [-0.4, -0.2) is 28.8 Å². The first-order chi connectivity index (χ1) is 9.56. The number of halogens is 1. The highest BCUT2D eigenvalue weighted by molar-refractivity contribution is 5.76. The van der Waals surface area contributed by atoms with Crippen LogP contribution >= 0.6 is 0 Å². The zero-order chi connectivity index (χ0) is 14.3. The van der Waals surface area contributed by atoms with Crippen LogP contribution in [0.5, 0.6) is 0 Å². The van der Waals surface area contributed by atoms with Gasteiger partial charge in [0.1, 0.15) is 11.6 Å². The average Bonchev–Trinajstić information content (AvgIpc) is 2.93. The van der Waals surface area contributed by atoms with Crippen molar-refractivity contribution >= 4 is 11.0 Å². The Balaban J connectivity index is 2.21. The molecule has 1 aromatic carbocycles. The van der Waals surface area contributed by atoms with Crippen LogP contribution in [0.4, 0.5) is 4.39 Å². The zero-order valence-corrected chi connectivity index (χ0v) is 11.9. The molecule has 2 unspecified atom stereocenters. The number of imidazole rings is 1. The van der Waals surface area contributed by atoms with E-state index in [9.17, 15) is 4.39 Å². The van der Waals surface area contributed by atoms with Gasteiger partial charge in [-0.15, -0.1) is 0 Å². The number of fused-ring (bicyclic) bond motifs is 1. The van der Waals surface area contributed by atoms with E-state index in [0.717, 1.165) is 29.8 Å². The molecule has 0 amide bonds. The van der Waals surface area contributed by atoms with Gasteiger partial charge in [0.05, 0.1) is 29.7 Å². The van der Waals surface area contributed by atoms with Crippen molar-refractivity contribution < 1.29 is 9.13 Å². The molecule has 1 aliphatic heterocycles. The summed E-state index contributed by atoms with van der Waals surface area (Å²) in [5, 5.41) is 0. The minimum absolute atomic E-state index is 0.0836. The number of ether oxygens (including phenoxy) is 1. The first-order valence-corrected chi connectivity index (χ1v) is 7.06. The molecule has 20 heavy (non-hydrogen) atoms. The van der Waals surface area contributed by atoms with Gasteiger partial charge in [0.2, 0.25) is 0 Å². The molecule has 0 saturated carbocycles. The fourth-order valence-electron chi connectivity index (χ4n) is 2.90. The lowest BCUT2D eigenvalue weighted by atomic mass is 9.85. The molecule has 0 bridgehead atoms. The number of hydrogen-bond acceptors (Lipinski definition) is 3. The van der Waals surface area contributed by atoms with Crippen molar-refractivity contribution in [1.29, 1.82) is 0 Å². The molecule has 108 valence electrons. The smallest absolute Gasteiger partial charge is 0.125 e. The highest BCUT2D eigenvalue weighted by atomic mass is 19.1. The lowest BCUT2D eigenvalue weighted by molar-refractivity contribution is 0.177. The van der Waals surface area contributed by atoms with Crippen molar-refractivity contribution in [2.24, 2.45) is 5.73 Å². The molecule has 1 saturated heterocycles. The predicted molar refractivity (Wildman–Crippen MR) is 76.1 cm³/mol. The van der Waals surface area contributed by atoms with Crippen LogP contribution < -0.4 is 5.73 Å². The van der Waals surface area contributed by atoms with Crippen LogP contribution in [0.25, 0.3) is 11.0 Å². The largest absolute Gasteiger partial charge is 0.379 e. The van der Waals surface area contributed by atoms with Gasteiger partial charge in [-0.2, -0.15) is 0 Å². The third kappa shape index (κ3) is 1.93. The van der Waals surface area contributed by atoms with Gasteiger partial charge in [0.15, 0.2) is 0 Å². The molecule has 0 spiro atoms. The van der Waals surface area contributed by atoms with Gasteiger partial charge >= 0.3 is 0 Å². The quantitative estimate of drug-likeness (QED) is 0.935. The molecule has 4 nitrogen and oxygen atoms in total. The third-order valence-corrected chi connectivity index (χ3v) is 4.19. The summed E-state index contributed by atoms with van der Waals surface area (Å²) in [6.45, 7) is 6.08. The Morgan fingerprint density at radius 2 is 2.35 bits per heavy atom. The normalized spacial score (nSPS) is 26.5. The second kappa shape index (κ2) is 4.82. The maximum atomic E-state index is 13.5. The molecule has 2 atom stereocenters. The van der Waals surface area contributed by atoms with Crippen LogP contribution in [0.15, 0.2) is 18.2 Å². The van der Waals surface area contributed by atoms with Crippen LogP contribution in [0.3, 0.4) is 0 Å². The molecule has 2 N–H and O–H groups in total. The van der Waals surface area contributed by atoms with Gasteiger partial charge in [-0.05, 0) is 31.5 Å². The average molecular weight is 277 g/mol. The van der Waals surface area contributed by atoms with E-state index in [-0.39, 0.29) is 17.3 Å². The number of aryl methyl sites for hydroxylation is 1. The maximum absolute atomic E-state index is 13.5. The molecule has 1 fully saturated rings. The summed E-state index contributed by atoms with van der Waals surface area (Å²) in [5.41, 5.74) is 7.55. The van der Waals surface area contributed by atoms with Gasteiger partial charge < -0.3 is 15.0 Å². The fourth-order valence-corrected chi connectivity index (χ4v) is 2.90. The summed E-state index contributed by atoms with van der Waals surface area (Å²) >= 11 is 0. The lowest BCUT2D eigenvalue weighted by Gasteiger charge is -2.27. The summed E-state index contributed by atoms with van der Waals surface area (Å²) in [5.74, 6) is 0.670. The minimum Gasteiger partial charge on any atom is -0.379 e. The van der Waals surface area contributed by atoms with E-state index in [1.807, 2.05) is 0 Å².